The van der Waals surface area contributed by atoms with E-state index in [-0.39, 0.29) is 5.54 Å². The predicted octanol–water partition coefficient (Wildman–Crippen LogP) is 2.43. The molecule has 2 saturated heterocycles. The molecule has 0 aromatic carbocycles. The van der Waals surface area contributed by atoms with Gasteiger partial charge in [-0.15, -0.1) is 0 Å². The lowest BCUT2D eigenvalue weighted by Crippen LogP contribution is -2.46. The fourth-order valence-corrected chi connectivity index (χ4v) is 3.90. The van der Waals surface area contributed by atoms with Crippen molar-refractivity contribution in [3.8, 4) is 11.4 Å². The van der Waals surface area contributed by atoms with Crippen LogP contribution in [-0.2, 0) is 6.42 Å². The minimum Gasteiger partial charge on any atom is -0.349 e. The molecule has 0 radical (unpaired) electrons. The van der Waals surface area contributed by atoms with Crippen LogP contribution in [-0.4, -0.2) is 40.1 Å². The van der Waals surface area contributed by atoms with Gasteiger partial charge in [0, 0.05) is 42.8 Å². The number of rotatable bonds is 3. The van der Waals surface area contributed by atoms with Gasteiger partial charge in [0.05, 0.1) is 5.54 Å². The first kappa shape index (κ1) is 14.6. The Morgan fingerprint density at radius 2 is 2.09 bits per heavy atom. The summed E-state index contributed by atoms with van der Waals surface area (Å²) in [5, 5.41) is 3.54. The molecular formula is C18H23N5. The standard InChI is InChI=1S/C18H23N5/c1-2-15-12-16(22-17(21-15)14-4-8-19-9-5-14)23-11-3-6-18(23)7-10-20-13-18/h4-5,8-9,12,20H,2-3,6-7,10-11,13H2,1H3. The van der Waals surface area contributed by atoms with Gasteiger partial charge in [0.2, 0.25) is 0 Å². The average Bonchev–Trinajstić information content (AvgIpc) is 3.25. The Balaban J connectivity index is 1.76. The highest BCUT2D eigenvalue weighted by molar-refractivity contribution is 5.58. The molecule has 0 saturated carbocycles. The molecule has 2 aromatic rings. The zero-order valence-electron chi connectivity index (χ0n) is 13.6. The van der Waals surface area contributed by atoms with Gasteiger partial charge in [0.25, 0.3) is 0 Å². The monoisotopic (exact) mass is 309 g/mol. The molecule has 2 aromatic heterocycles. The number of pyridine rings is 1. The van der Waals surface area contributed by atoms with E-state index in [0.717, 1.165) is 49.0 Å². The van der Waals surface area contributed by atoms with E-state index < -0.39 is 0 Å². The SMILES string of the molecule is CCc1cc(N2CCCC23CCNC3)nc(-c2ccncc2)n1. The lowest BCUT2D eigenvalue weighted by Gasteiger charge is -2.35. The molecule has 4 rings (SSSR count). The number of aryl methyl sites for hydroxylation is 1. The summed E-state index contributed by atoms with van der Waals surface area (Å²) < 4.78 is 0. The number of nitrogens with one attached hydrogen (secondary N) is 1. The van der Waals surface area contributed by atoms with Crippen molar-refractivity contribution in [2.24, 2.45) is 0 Å². The zero-order valence-corrected chi connectivity index (χ0v) is 13.6. The number of hydrogen-bond donors (Lipinski definition) is 1. The van der Waals surface area contributed by atoms with Crippen LogP contribution >= 0.6 is 0 Å². The summed E-state index contributed by atoms with van der Waals surface area (Å²) in [5.74, 6) is 1.90. The van der Waals surface area contributed by atoms with Crippen molar-refractivity contribution in [1.29, 1.82) is 0 Å². The van der Waals surface area contributed by atoms with Crippen molar-refractivity contribution in [2.75, 3.05) is 24.5 Å². The van der Waals surface area contributed by atoms with Gasteiger partial charge in [-0.2, -0.15) is 0 Å². The Morgan fingerprint density at radius 1 is 1.22 bits per heavy atom. The second-order valence-corrected chi connectivity index (χ2v) is 6.54. The fraction of sp³-hybridized carbons (Fsp3) is 0.500. The van der Waals surface area contributed by atoms with E-state index in [1.54, 1.807) is 12.4 Å². The van der Waals surface area contributed by atoms with Crippen molar-refractivity contribution in [1.82, 2.24) is 20.3 Å². The normalized spacial score (nSPS) is 23.8. The summed E-state index contributed by atoms with van der Waals surface area (Å²) in [6, 6.07) is 6.14. The van der Waals surface area contributed by atoms with Crippen LogP contribution < -0.4 is 10.2 Å². The molecule has 23 heavy (non-hydrogen) atoms. The Labute approximate surface area is 137 Å². The lowest BCUT2D eigenvalue weighted by molar-refractivity contribution is 0.464. The third-order valence-electron chi connectivity index (χ3n) is 5.16. The van der Waals surface area contributed by atoms with Crippen molar-refractivity contribution >= 4 is 5.82 Å². The highest BCUT2D eigenvalue weighted by Crippen LogP contribution is 2.38. The van der Waals surface area contributed by atoms with Gasteiger partial charge in [-0.25, -0.2) is 9.97 Å². The molecule has 1 N–H and O–H groups in total. The Bertz CT molecular complexity index is 674. The molecule has 0 bridgehead atoms. The van der Waals surface area contributed by atoms with Gasteiger partial charge >= 0.3 is 0 Å². The molecule has 1 atom stereocenters. The van der Waals surface area contributed by atoms with Gasteiger partial charge in [-0.3, -0.25) is 4.98 Å². The smallest absolute Gasteiger partial charge is 0.161 e. The third-order valence-corrected chi connectivity index (χ3v) is 5.16. The summed E-state index contributed by atoms with van der Waals surface area (Å²) in [6.07, 6.45) is 8.24. The molecule has 2 aliphatic rings. The first-order valence-electron chi connectivity index (χ1n) is 8.57. The molecule has 2 fully saturated rings. The first-order valence-corrected chi connectivity index (χ1v) is 8.57. The number of hydrogen-bond acceptors (Lipinski definition) is 5. The minimum absolute atomic E-state index is 0.259. The Morgan fingerprint density at radius 3 is 2.83 bits per heavy atom. The van der Waals surface area contributed by atoms with E-state index in [1.807, 2.05) is 12.1 Å². The van der Waals surface area contributed by atoms with E-state index >= 15 is 0 Å². The molecule has 1 unspecified atom stereocenters. The van der Waals surface area contributed by atoms with E-state index in [9.17, 15) is 0 Å². The summed E-state index contributed by atoms with van der Waals surface area (Å²) in [7, 11) is 0. The summed E-state index contributed by atoms with van der Waals surface area (Å²) >= 11 is 0. The van der Waals surface area contributed by atoms with Crippen LogP contribution in [0.25, 0.3) is 11.4 Å². The van der Waals surface area contributed by atoms with E-state index in [1.165, 1.54) is 19.3 Å². The van der Waals surface area contributed by atoms with Crippen LogP contribution in [0.15, 0.2) is 30.6 Å². The third kappa shape index (κ3) is 2.59. The summed E-state index contributed by atoms with van der Waals surface area (Å²) in [4.78, 5) is 16.3. The quantitative estimate of drug-likeness (QED) is 0.944. The fourth-order valence-electron chi connectivity index (χ4n) is 3.90. The van der Waals surface area contributed by atoms with Crippen LogP contribution in [0.4, 0.5) is 5.82 Å². The van der Waals surface area contributed by atoms with Gasteiger partial charge in [-0.1, -0.05) is 6.92 Å². The van der Waals surface area contributed by atoms with Gasteiger partial charge in [0.15, 0.2) is 5.82 Å². The second kappa shape index (κ2) is 5.89. The lowest BCUT2D eigenvalue weighted by atomic mass is 9.95. The molecule has 5 nitrogen and oxygen atoms in total. The average molecular weight is 309 g/mol. The number of aromatic nitrogens is 3. The molecule has 120 valence electrons. The Hall–Kier alpha value is -2.01. The minimum atomic E-state index is 0.259. The molecule has 2 aliphatic heterocycles. The maximum Gasteiger partial charge on any atom is 0.161 e. The summed E-state index contributed by atoms with van der Waals surface area (Å²) in [6.45, 7) is 5.43. The van der Waals surface area contributed by atoms with Crippen molar-refractivity contribution in [3.05, 3.63) is 36.3 Å². The molecule has 0 aliphatic carbocycles. The Kier molecular flexibility index (Phi) is 3.73. The van der Waals surface area contributed by atoms with Crippen molar-refractivity contribution in [2.45, 2.75) is 38.1 Å². The molecular weight excluding hydrogens is 286 g/mol. The largest absolute Gasteiger partial charge is 0.349 e. The van der Waals surface area contributed by atoms with Crippen LogP contribution in [0.1, 0.15) is 31.9 Å². The van der Waals surface area contributed by atoms with Crippen molar-refractivity contribution in [3.63, 3.8) is 0 Å². The van der Waals surface area contributed by atoms with E-state index in [2.05, 4.69) is 28.2 Å². The zero-order chi connectivity index (χ0) is 15.7. The van der Waals surface area contributed by atoms with E-state index in [0.29, 0.717) is 0 Å². The molecule has 5 heteroatoms. The summed E-state index contributed by atoms with van der Waals surface area (Å²) in [5.41, 5.74) is 2.40. The van der Waals surface area contributed by atoms with Crippen LogP contribution in [0, 0.1) is 0 Å². The van der Waals surface area contributed by atoms with Crippen LogP contribution in [0.2, 0.25) is 0 Å². The van der Waals surface area contributed by atoms with Crippen molar-refractivity contribution < 1.29 is 0 Å². The number of nitrogens with zero attached hydrogens (tertiary/aromatic N) is 4. The van der Waals surface area contributed by atoms with Gasteiger partial charge in [0.1, 0.15) is 5.82 Å². The maximum absolute atomic E-state index is 4.91. The van der Waals surface area contributed by atoms with Gasteiger partial charge < -0.3 is 10.2 Å². The first-order chi connectivity index (χ1) is 11.3. The molecule has 1 spiro atoms. The highest BCUT2D eigenvalue weighted by Gasteiger charge is 2.43. The van der Waals surface area contributed by atoms with Gasteiger partial charge in [-0.05, 0) is 44.4 Å². The molecule has 0 amide bonds. The topological polar surface area (TPSA) is 53.9 Å². The maximum atomic E-state index is 4.91. The second-order valence-electron chi connectivity index (χ2n) is 6.54. The van der Waals surface area contributed by atoms with Crippen LogP contribution in [0.5, 0.6) is 0 Å². The predicted molar refractivity (Wildman–Crippen MR) is 91.4 cm³/mol. The highest BCUT2D eigenvalue weighted by atomic mass is 15.3. The number of anilines is 1. The molecule has 4 heterocycles. The van der Waals surface area contributed by atoms with E-state index in [4.69, 9.17) is 9.97 Å². The van der Waals surface area contributed by atoms with Crippen LogP contribution in [0.3, 0.4) is 0 Å².